The molecule has 0 unspecified atom stereocenters. The van der Waals surface area contributed by atoms with Gasteiger partial charge in [-0.15, -0.1) is 0 Å². The van der Waals surface area contributed by atoms with Crippen LogP contribution in [0.5, 0.6) is 0 Å². The Hall–Kier alpha value is -2.54. The number of fused-ring (bicyclic) bond motifs is 3. The molecule has 0 bridgehead atoms. The van der Waals surface area contributed by atoms with E-state index in [2.05, 4.69) is 75.4 Å². The molecule has 114 valence electrons. The fourth-order valence-corrected chi connectivity index (χ4v) is 3.13. The fourth-order valence-electron chi connectivity index (χ4n) is 3.13. The quantitative estimate of drug-likeness (QED) is 0.388. The predicted molar refractivity (Wildman–Crippen MR) is 97.9 cm³/mol. The molecule has 0 saturated heterocycles. The van der Waals surface area contributed by atoms with Gasteiger partial charge in [0.1, 0.15) is 11.2 Å². The summed E-state index contributed by atoms with van der Waals surface area (Å²) in [5, 5.41) is 2.36. The first-order valence-electron chi connectivity index (χ1n) is 8.05. The molecule has 0 fully saturated rings. The average molecular weight is 300 g/mol. The van der Waals surface area contributed by atoms with Gasteiger partial charge in [0.2, 0.25) is 0 Å². The highest BCUT2D eigenvalue weighted by Crippen LogP contribution is 2.36. The second kappa shape index (κ2) is 4.99. The van der Waals surface area contributed by atoms with Crippen LogP contribution < -0.4 is 0 Å². The topological polar surface area (TPSA) is 13.1 Å². The van der Waals surface area contributed by atoms with Crippen LogP contribution in [0.3, 0.4) is 0 Å². The Balaban J connectivity index is 1.99. The van der Waals surface area contributed by atoms with Gasteiger partial charge in [-0.05, 0) is 22.6 Å². The third kappa shape index (κ3) is 2.33. The summed E-state index contributed by atoms with van der Waals surface area (Å²) in [6.07, 6.45) is 0. The number of hydrogen-bond acceptors (Lipinski definition) is 1. The van der Waals surface area contributed by atoms with Crippen molar-refractivity contribution in [2.45, 2.75) is 26.2 Å². The van der Waals surface area contributed by atoms with Crippen molar-refractivity contribution in [2.75, 3.05) is 0 Å². The summed E-state index contributed by atoms with van der Waals surface area (Å²) in [7, 11) is 0. The zero-order valence-corrected chi connectivity index (χ0v) is 13.8. The summed E-state index contributed by atoms with van der Waals surface area (Å²) >= 11 is 0. The Labute approximate surface area is 136 Å². The fraction of sp³-hybridized carbons (Fsp3) is 0.182. The van der Waals surface area contributed by atoms with Crippen molar-refractivity contribution in [3.05, 3.63) is 72.3 Å². The summed E-state index contributed by atoms with van der Waals surface area (Å²) in [6.45, 7) is 6.73. The number of para-hydroxylation sites is 2. The molecule has 4 rings (SSSR count). The number of furan rings is 1. The van der Waals surface area contributed by atoms with Crippen molar-refractivity contribution in [2.24, 2.45) is 0 Å². The van der Waals surface area contributed by atoms with Gasteiger partial charge in [0, 0.05) is 16.3 Å². The van der Waals surface area contributed by atoms with E-state index in [1.165, 1.54) is 21.9 Å². The van der Waals surface area contributed by atoms with Crippen LogP contribution in [0.25, 0.3) is 33.1 Å². The Kier molecular flexibility index (Phi) is 3.05. The van der Waals surface area contributed by atoms with Crippen molar-refractivity contribution in [1.29, 1.82) is 0 Å². The van der Waals surface area contributed by atoms with Gasteiger partial charge in [-0.25, -0.2) is 0 Å². The second-order valence-electron chi connectivity index (χ2n) is 7.11. The minimum atomic E-state index is 0.137. The van der Waals surface area contributed by atoms with Crippen LogP contribution in [0, 0.1) is 0 Å². The van der Waals surface area contributed by atoms with E-state index in [4.69, 9.17) is 4.42 Å². The summed E-state index contributed by atoms with van der Waals surface area (Å²) in [5.74, 6) is 0. The summed E-state index contributed by atoms with van der Waals surface area (Å²) in [4.78, 5) is 0. The molecule has 0 radical (unpaired) electrons. The molecule has 0 aliphatic rings. The Morgan fingerprint density at radius 1 is 0.739 bits per heavy atom. The molecule has 23 heavy (non-hydrogen) atoms. The van der Waals surface area contributed by atoms with Crippen LogP contribution in [0.2, 0.25) is 0 Å². The van der Waals surface area contributed by atoms with Crippen LogP contribution in [0.15, 0.2) is 71.1 Å². The predicted octanol–water partition coefficient (Wildman–Crippen LogP) is 6.55. The van der Waals surface area contributed by atoms with Gasteiger partial charge in [0.15, 0.2) is 0 Å². The van der Waals surface area contributed by atoms with E-state index in [1.54, 1.807) is 0 Å². The summed E-state index contributed by atoms with van der Waals surface area (Å²) < 4.78 is 6.16. The van der Waals surface area contributed by atoms with E-state index in [9.17, 15) is 0 Å². The number of benzene rings is 3. The third-order valence-electron chi connectivity index (χ3n) is 4.44. The smallest absolute Gasteiger partial charge is 0.143 e. The van der Waals surface area contributed by atoms with Crippen LogP contribution in [-0.4, -0.2) is 0 Å². The highest BCUT2D eigenvalue weighted by molar-refractivity contribution is 6.09. The summed E-state index contributed by atoms with van der Waals surface area (Å²) in [5.41, 5.74) is 5.76. The summed E-state index contributed by atoms with van der Waals surface area (Å²) in [6, 6.07) is 23.4. The van der Waals surface area contributed by atoms with Crippen molar-refractivity contribution in [3.8, 4) is 11.1 Å². The third-order valence-corrected chi connectivity index (χ3v) is 4.44. The minimum absolute atomic E-state index is 0.137. The molecular formula is C22H20O. The maximum atomic E-state index is 6.16. The van der Waals surface area contributed by atoms with E-state index < -0.39 is 0 Å². The highest BCUT2D eigenvalue weighted by Gasteiger charge is 2.16. The normalized spacial score (nSPS) is 12.1. The van der Waals surface area contributed by atoms with Gasteiger partial charge in [-0.1, -0.05) is 81.4 Å². The highest BCUT2D eigenvalue weighted by atomic mass is 16.3. The molecule has 0 atom stereocenters. The molecule has 0 spiro atoms. The minimum Gasteiger partial charge on any atom is -0.455 e. The molecule has 0 aliphatic heterocycles. The molecule has 1 aromatic heterocycles. The van der Waals surface area contributed by atoms with Gasteiger partial charge >= 0.3 is 0 Å². The molecular weight excluding hydrogens is 280 g/mol. The molecule has 1 heterocycles. The SMILES string of the molecule is CC(C)(C)c1cccc(-c2cccc3c2oc2ccccc23)c1. The van der Waals surface area contributed by atoms with E-state index in [0.717, 1.165) is 16.7 Å². The first-order valence-corrected chi connectivity index (χ1v) is 8.05. The average Bonchev–Trinajstić information content (AvgIpc) is 2.93. The molecule has 0 N–H and O–H groups in total. The first kappa shape index (κ1) is 14.1. The van der Waals surface area contributed by atoms with Crippen LogP contribution >= 0.6 is 0 Å². The standard InChI is InChI=1S/C22H20O/c1-22(2,3)16-9-6-8-15(14-16)17-11-7-12-19-18-10-4-5-13-20(18)23-21(17)19/h4-14H,1-3H3. The van der Waals surface area contributed by atoms with Crippen molar-refractivity contribution in [1.82, 2.24) is 0 Å². The largest absolute Gasteiger partial charge is 0.455 e. The van der Waals surface area contributed by atoms with E-state index in [-0.39, 0.29) is 5.41 Å². The van der Waals surface area contributed by atoms with Gasteiger partial charge in [0.05, 0.1) is 0 Å². The molecule has 1 heteroatoms. The lowest BCUT2D eigenvalue weighted by Crippen LogP contribution is -2.10. The molecule has 3 aromatic carbocycles. The second-order valence-corrected chi connectivity index (χ2v) is 7.11. The van der Waals surface area contributed by atoms with Gasteiger partial charge in [0.25, 0.3) is 0 Å². The van der Waals surface area contributed by atoms with E-state index in [1.807, 2.05) is 12.1 Å². The zero-order chi connectivity index (χ0) is 16.0. The molecule has 0 saturated carbocycles. The zero-order valence-electron chi connectivity index (χ0n) is 13.8. The van der Waals surface area contributed by atoms with Gasteiger partial charge in [-0.2, -0.15) is 0 Å². The molecule has 0 aliphatic carbocycles. The van der Waals surface area contributed by atoms with E-state index >= 15 is 0 Å². The molecule has 1 nitrogen and oxygen atoms in total. The van der Waals surface area contributed by atoms with Crippen molar-refractivity contribution in [3.63, 3.8) is 0 Å². The lowest BCUT2D eigenvalue weighted by molar-refractivity contribution is 0.590. The maximum absolute atomic E-state index is 6.16. The Morgan fingerprint density at radius 2 is 1.48 bits per heavy atom. The lowest BCUT2D eigenvalue weighted by atomic mass is 9.85. The molecule has 0 amide bonds. The molecule has 4 aromatic rings. The first-order chi connectivity index (χ1) is 11.0. The van der Waals surface area contributed by atoms with Crippen LogP contribution in [-0.2, 0) is 5.41 Å². The van der Waals surface area contributed by atoms with Gasteiger partial charge < -0.3 is 4.42 Å². The van der Waals surface area contributed by atoms with Crippen molar-refractivity contribution >= 4 is 21.9 Å². The van der Waals surface area contributed by atoms with Crippen LogP contribution in [0.1, 0.15) is 26.3 Å². The Bertz CT molecular complexity index is 999. The lowest BCUT2D eigenvalue weighted by Gasteiger charge is -2.19. The monoisotopic (exact) mass is 300 g/mol. The van der Waals surface area contributed by atoms with Gasteiger partial charge in [-0.3, -0.25) is 0 Å². The van der Waals surface area contributed by atoms with E-state index in [0.29, 0.717) is 0 Å². The maximum Gasteiger partial charge on any atom is 0.143 e. The number of hydrogen-bond donors (Lipinski definition) is 0. The Morgan fingerprint density at radius 3 is 2.30 bits per heavy atom. The number of rotatable bonds is 1. The van der Waals surface area contributed by atoms with Crippen molar-refractivity contribution < 1.29 is 4.42 Å². The van der Waals surface area contributed by atoms with Crippen LogP contribution in [0.4, 0.5) is 0 Å².